The molecule has 8 nitrogen and oxygen atoms in total. The minimum Gasteiger partial charge on any atom is -0.378 e. The summed E-state index contributed by atoms with van der Waals surface area (Å²) in [5.74, 6) is -0.431. The first-order valence-corrected chi connectivity index (χ1v) is 13.0. The van der Waals surface area contributed by atoms with Crippen LogP contribution in [0.5, 0.6) is 0 Å². The van der Waals surface area contributed by atoms with Crippen molar-refractivity contribution in [1.29, 1.82) is 5.26 Å². The van der Waals surface area contributed by atoms with Crippen LogP contribution in [0, 0.1) is 11.3 Å². The molecule has 0 bridgehead atoms. The van der Waals surface area contributed by atoms with E-state index in [-0.39, 0.29) is 28.4 Å². The minimum absolute atomic E-state index is 0.0441. The fraction of sp³-hybridized carbons (Fsp3) is 0.261. The van der Waals surface area contributed by atoms with Crippen LogP contribution in [0.2, 0.25) is 0 Å². The van der Waals surface area contributed by atoms with Crippen molar-refractivity contribution in [1.82, 2.24) is 0 Å². The molecule has 0 aromatic heterocycles. The Bertz CT molecular complexity index is 1250. The zero-order chi connectivity index (χ0) is 23.6. The van der Waals surface area contributed by atoms with E-state index in [0.29, 0.717) is 10.9 Å². The number of nitrogens with one attached hydrogen (secondary N) is 1. The van der Waals surface area contributed by atoms with E-state index >= 15 is 0 Å². The van der Waals surface area contributed by atoms with Crippen molar-refractivity contribution < 1.29 is 13.2 Å². The van der Waals surface area contributed by atoms with Crippen molar-refractivity contribution in [3.8, 4) is 6.07 Å². The van der Waals surface area contributed by atoms with E-state index in [9.17, 15) is 18.5 Å². The molecule has 0 radical (unpaired) electrons. The third-order valence-electron chi connectivity index (χ3n) is 5.41. The van der Waals surface area contributed by atoms with Gasteiger partial charge in [0.1, 0.15) is 11.6 Å². The van der Waals surface area contributed by atoms with Crippen molar-refractivity contribution in [2.24, 2.45) is 4.99 Å². The van der Waals surface area contributed by atoms with E-state index in [1.807, 2.05) is 60.3 Å². The number of aliphatic imine (C=N–C) groups is 1. The maximum atomic E-state index is 12.5. The number of carbonyl (C=O) groups excluding carboxylic acids is 1. The van der Waals surface area contributed by atoms with Crippen LogP contribution in [0.1, 0.15) is 0 Å². The lowest BCUT2D eigenvalue weighted by Crippen LogP contribution is -2.37. The van der Waals surface area contributed by atoms with Gasteiger partial charge in [-0.1, -0.05) is 30.0 Å². The predicted molar refractivity (Wildman–Crippen MR) is 133 cm³/mol. The highest BCUT2D eigenvalue weighted by molar-refractivity contribution is 8.16. The Morgan fingerprint density at radius 2 is 1.88 bits per heavy atom. The molecule has 2 atom stereocenters. The molecule has 0 aliphatic carbocycles. The Labute approximate surface area is 197 Å². The van der Waals surface area contributed by atoms with E-state index < -0.39 is 15.7 Å². The molecule has 2 aliphatic rings. The maximum absolute atomic E-state index is 12.5. The number of carbonyl (C=O) groups is 1. The molecule has 2 heterocycles. The van der Waals surface area contributed by atoms with Crippen molar-refractivity contribution in [3.63, 3.8) is 0 Å². The molecule has 1 amide bonds. The van der Waals surface area contributed by atoms with Gasteiger partial charge in [-0.15, -0.1) is 0 Å². The van der Waals surface area contributed by atoms with E-state index in [1.54, 1.807) is 24.3 Å². The molecule has 0 spiro atoms. The molecule has 33 heavy (non-hydrogen) atoms. The average Bonchev–Trinajstić information content (AvgIpc) is 3.25. The van der Waals surface area contributed by atoms with Crippen LogP contribution in [0.3, 0.4) is 0 Å². The van der Waals surface area contributed by atoms with Crippen LogP contribution in [0.4, 0.5) is 17.1 Å². The lowest BCUT2D eigenvalue weighted by molar-refractivity contribution is -0.112. The third kappa shape index (κ3) is 5.05. The van der Waals surface area contributed by atoms with Crippen molar-refractivity contribution in [2.45, 2.75) is 11.3 Å². The molecule has 0 saturated carbocycles. The smallest absolute Gasteiger partial charge is 0.267 e. The number of amides is 1. The van der Waals surface area contributed by atoms with Gasteiger partial charge in [-0.3, -0.25) is 4.79 Å². The van der Waals surface area contributed by atoms with Gasteiger partial charge in [0.25, 0.3) is 5.91 Å². The van der Waals surface area contributed by atoms with Gasteiger partial charge in [0.05, 0.1) is 23.7 Å². The second kappa shape index (κ2) is 9.29. The molecule has 2 unspecified atom stereocenters. The summed E-state index contributed by atoms with van der Waals surface area (Å²) in [5.41, 5.74) is 2.27. The third-order valence-corrected chi connectivity index (χ3v) is 8.64. The summed E-state index contributed by atoms with van der Waals surface area (Å²) in [6.07, 6.45) is 1.25. The number of benzene rings is 2. The predicted octanol–water partition coefficient (Wildman–Crippen LogP) is 2.87. The van der Waals surface area contributed by atoms with Crippen molar-refractivity contribution in [3.05, 3.63) is 66.4 Å². The lowest BCUT2D eigenvalue weighted by Gasteiger charge is -2.25. The van der Waals surface area contributed by atoms with E-state index in [4.69, 9.17) is 0 Å². The summed E-state index contributed by atoms with van der Waals surface area (Å²) in [6, 6.07) is 18.3. The maximum Gasteiger partial charge on any atom is 0.267 e. The molecular formula is C23H23N5O3S2. The highest BCUT2D eigenvalue weighted by atomic mass is 32.2. The van der Waals surface area contributed by atoms with Gasteiger partial charge in [-0.2, -0.15) is 5.26 Å². The fourth-order valence-corrected chi connectivity index (χ4v) is 7.66. The number of nitrogens with zero attached hydrogens (tertiary/aromatic N) is 4. The number of hydrogen-bond acceptors (Lipinski definition) is 7. The lowest BCUT2D eigenvalue weighted by atomic mass is 10.2. The highest BCUT2D eigenvalue weighted by Crippen LogP contribution is 2.41. The van der Waals surface area contributed by atoms with Gasteiger partial charge >= 0.3 is 0 Å². The van der Waals surface area contributed by atoms with Crippen molar-refractivity contribution >= 4 is 49.7 Å². The van der Waals surface area contributed by atoms with Crippen LogP contribution in [-0.4, -0.2) is 56.4 Å². The Morgan fingerprint density at radius 1 is 1.18 bits per heavy atom. The summed E-state index contributed by atoms with van der Waals surface area (Å²) < 4.78 is 24.5. The number of thioether (sulfide) groups is 1. The molecule has 2 aromatic rings. The molecule has 2 fully saturated rings. The Morgan fingerprint density at radius 3 is 2.52 bits per heavy atom. The van der Waals surface area contributed by atoms with Crippen LogP contribution < -0.4 is 15.1 Å². The number of rotatable bonds is 5. The number of fused-ring (bicyclic) bond motifs is 1. The molecule has 10 heteroatoms. The van der Waals surface area contributed by atoms with Gasteiger partial charge in [0.2, 0.25) is 0 Å². The quantitative estimate of drug-likeness (QED) is 0.517. The summed E-state index contributed by atoms with van der Waals surface area (Å²) in [5, 5.41) is 12.6. The zero-order valence-corrected chi connectivity index (χ0v) is 19.8. The second-order valence-electron chi connectivity index (χ2n) is 7.97. The molecule has 2 saturated heterocycles. The highest BCUT2D eigenvalue weighted by Gasteiger charge is 2.49. The number of nitriles is 1. The SMILES string of the molecule is CN(C)c1ccc(N2C(=N/C=C(\C#N)C(=O)Nc3ccccc3)SC3CS(=O)(=O)CC32)cc1. The number of amidine groups is 1. The van der Waals surface area contributed by atoms with Gasteiger partial charge in [0.15, 0.2) is 15.0 Å². The summed E-state index contributed by atoms with van der Waals surface area (Å²) in [7, 11) is 0.760. The number of para-hydroxylation sites is 1. The normalized spacial score (nSPS) is 22.6. The number of hydrogen-bond donors (Lipinski definition) is 1. The Hall–Kier alpha value is -3.29. The molecule has 170 valence electrons. The zero-order valence-electron chi connectivity index (χ0n) is 18.2. The Balaban J connectivity index is 1.64. The van der Waals surface area contributed by atoms with Gasteiger partial charge < -0.3 is 15.1 Å². The molecule has 4 rings (SSSR count). The van der Waals surface area contributed by atoms with Gasteiger partial charge in [-0.25, -0.2) is 13.4 Å². The minimum atomic E-state index is -3.13. The van der Waals surface area contributed by atoms with Crippen LogP contribution in [0.25, 0.3) is 0 Å². The van der Waals surface area contributed by atoms with Gasteiger partial charge in [-0.05, 0) is 36.4 Å². The summed E-state index contributed by atoms with van der Waals surface area (Å²) >= 11 is 1.37. The van der Waals surface area contributed by atoms with Crippen LogP contribution >= 0.6 is 11.8 Å². The summed E-state index contributed by atoms with van der Waals surface area (Å²) in [4.78, 5) is 20.8. The first-order valence-electron chi connectivity index (χ1n) is 10.3. The number of sulfone groups is 1. The van der Waals surface area contributed by atoms with E-state index in [0.717, 1.165) is 11.4 Å². The molecule has 2 aromatic carbocycles. The monoisotopic (exact) mass is 481 g/mol. The summed E-state index contributed by atoms with van der Waals surface area (Å²) in [6.45, 7) is 0. The molecule has 2 aliphatic heterocycles. The fourth-order valence-electron chi connectivity index (χ4n) is 3.77. The Kier molecular flexibility index (Phi) is 6.44. The van der Waals surface area contributed by atoms with Crippen LogP contribution in [0.15, 0.2) is 71.4 Å². The molecule has 1 N–H and O–H groups in total. The second-order valence-corrected chi connectivity index (χ2v) is 11.3. The van der Waals surface area contributed by atoms with E-state index in [2.05, 4.69) is 10.3 Å². The largest absolute Gasteiger partial charge is 0.378 e. The first kappa shape index (κ1) is 22.9. The number of anilines is 3. The topological polar surface area (TPSA) is 106 Å². The van der Waals surface area contributed by atoms with Gasteiger partial charge in [0, 0.05) is 36.4 Å². The molecular weight excluding hydrogens is 458 g/mol. The first-order chi connectivity index (χ1) is 15.8. The standard InChI is InChI=1S/C23H23N5O3S2/c1-27(2)18-8-10-19(11-9-18)28-20-14-33(30,31)15-21(20)32-23(28)25-13-16(12-24)22(29)26-17-6-4-3-5-7-17/h3-11,13,20-21H,14-15H2,1-2H3,(H,26,29)/b16-13+,25-23?. The van der Waals surface area contributed by atoms with E-state index in [1.165, 1.54) is 18.0 Å². The van der Waals surface area contributed by atoms with Crippen molar-refractivity contribution in [2.75, 3.05) is 40.7 Å². The average molecular weight is 482 g/mol. The van der Waals surface area contributed by atoms with Crippen LogP contribution in [-0.2, 0) is 14.6 Å².